The molecule has 2 amide bonds. The van der Waals surface area contributed by atoms with Crippen molar-refractivity contribution in [3.05, 3.63) is 77.7 Å². The van der Waals surface area contributed by atoms with Gasteiger partial charge in [0.2, 0.25) is 0 Å². The predicted molar refractivity (Wildman–Crippen MR) is 142 cm³/mol. The van der Waals surface area contributed by atoms with Crippen LogP contribution in [0.2, 0.25) is 0 Å². The van der Waals surface area contributed by atoms with Gasteiger partial charge in [-0.3, -0.25) is 9.47 Å². The van der Waals surface area contributed by atoms with E-state index < -0.39 is 0 Å². The molecule has 3 heterocycles. The number of urea groups is 1. The number of nitrogens with zero attached hydrogens (tertiary/aromatic N) is 5. The maximum absolute atomic E-state index is 12.8. The van der Waals surface area contributed by atoms with Gasteiger partial charge in [0.1, 0.15) is 17.1 Å². The summed E-state index contributed by atoms with van der Waals surface area (Å²) in [5.74, 6) is 1.77. The lowest BCUT2D eigenvalue weighted by atomic mass is 10.1. The first-order chi connectivity index (χ1) is 17.5. The first-order valence-electron chi connectivity index (χ1n) is 12.4. The highest BCUT2D eigenvalue weighted by atomic mass is 16.5. The van der Waals surface area contributed by atoms with E-state index >= 15 is 0 Å². The van der Waals surface area contributed by atoms with Crippen molar-refractivity contribution >= 4 is 22.9 Å². The van der Waals surface area contributed by atoms with Crippen LogP contribution in [-0.4, -0.2) is 63.2 Å². The van der Waals surface area contributed by atoms with Gasteiger partial charge < -0.3 is 15.0 Å². The summed E-state index contributed by atoms with van der Waals surface area (Å²) < 4.78 is 7.73. The quantitative estimate of drug-likeness (QED) is 0.426. The highest BCUT2D eigenvalue weighted by Gasteiger charge is 2.23. The van der Waals surface area contributed by atoms with Gasteiger partial charge in [-0.15, -0.1) is 0 Å². The molecule has 2 aromatic carbocycles. The van der Waals surface area contributed by atoms with E-state index in [-0.39, 0.29) is 6.03 Å². The third-order valence-corrected chi connectivity index (χ3v) is 6.39. The van der Waals surface area contributed by atoms with Crippen LogP contribution >= 0.6 is 0 Å². The lowest BCUT2D eigenvalue weighted by molar-refractivity contribution is 0.140. The molecule has 8 nitrogen and oxygen atoms in total. The van der Waals surface area contributed by atoms with Gasteiger partial charge >= 0.3 is 6.03 Å². The number of aryl methyl sites for hydroxylation is 2. The van der Waals surface area contributed by atoms with Crippen LogP contribution in [0.15, 0.2) is 60.8 Å². The van der Waals surface area contributed by atoms with Gasteiger partial charge in [-0.25, -0.2) is 14.8 Å². The predicted octanol–water partition coefficient (Wildman–Crippen LogP) is 4.79. The minimum absolute atomic E-state index is 0.0505. The van der Waals surface area contributed by atoms with Crippen molar-refractivity contribution in [2.24, 2.45) is 0 Å². The summed E-state index contributed by atoms with van der Waals surface area (Å²) in [5.41, 5.74) is 5.83. The lowest BCUT2D eigenvalue weighted by Gasteiger charge is -2.34. The van der Waals surface area contributed by atoms with Crippen molar-refractivity contribution in [3.8, 4) is 11.4 Å². The molecule has 186 valence electrons. The Morgan fingerprint density at radius 1 is 1.00 bits per heavy atom. The number of rotatable bonds is 6. The monoisotopic (exact) mass is 484 g/mol. The fraction of sp³-hybridized carbons (Fsp3) is 0.321. The molecule has 0 aliphatic carbocycles. The van der Waals surface area contributed by atoms with Gasteiger partial charge in [0, 0.05) is 43.8 Å². The number of anilines is 1. The number of ether oxygens (including phenoxy) is 1. The molecule has 0 bridgehead atoms. The number of piperazine rings is 1. The van der Waals surface area contributed by atoms with Crippen molar-refractivity contribution in [1.82, 2.24) is 24.3 Å². The third-order valence-electron chi connectivity index (χ3n) is 6.39. The molecule has 1 fully saturated rings. The first kappa shape index (κ1) is 23.8. The Bertz CT molecular complexity index is 1340. The number of hydrogen-bond donors (Lipinski definition) is 1. The molecule has 36 heavy (non-hydrogen) atoms. The zero-order valence-electron chi connectivity index (χ0n) is 21.1. The Balaban J connectivity index is 1.28. The molecule has 1 N–H and O–H groups in total. The van der Waals surface area contributed by atoms with Gasteiger partial charge in [0.25, 0.3) is 0 Å². The summed E-state index contributed by atoms with van der Waals surface area (Å²) >= 11 is 0. The summed E-state index contributed by atoms with van der Waals surface area (Å²) in [4.78, 5) is 26.6. The second kappa shape index (κ2) is 10.4. The minimum Gasteiger partial charge on any atom is -0.494 e. The highest BCUT2D eigenvalue weighted by molar-refractivity contribution is 5.89. The van der Waals surface area contributed by atoms with Gasteiger partial charge in [0.05, 0.1) is 13.2 Å². The summed E-state index contributed by atoms with van der Waals surface area (Å²) in [6.07, 6.45) is 1.80. The molecule has 8 heteroatoms. The number of fused-ring (bicyclic) bond motifs is 1. The van der Waals surface area contributed by atoms with E-state index in [0.717, 1.165) is 58.3 Å². The van der Waals surface area contributed by atoms with Crippen molar-refractivity contribution in [2.45, 2.75) is 27.3 Å². The van der Waals surface area contributed by atoms with Crippen LogP contribution < -0.4 is 10.1 Å². The molecule has 0 spiro atoms. The maximum Gasteiger partial charge on any atom is 0.321 e. The van der Waals surface area contributed by atoms with Crippen LogP contribution in [0.5, 0.6) is 5.75 Å². The zero-order chi connectivity index (χ0) is 25.1. The van der Waals surface area contributed by atoms with E-state index in [0.29, 0.717) is 26.2 Å². The minimum atomic E-state index is -0.0505. The van der Waals surface area contributed by atoms with E-state index in [1.165, 1.54) is 0 Å². The van der Waals surface area contributed by atoms with Crippen LogP contribution in [0.25, 0.3) is 16.9 Å². The third kappa shape index (κ3) is 5.18. The highest BCUT2D eigenvalue weighted by Crippen LogP contribution is 2.23. The van der Waals surface area contributed by atoms with Gasteiger partial charge in [-0.2, -0.15) is 0 Å². The maximum atomic E-state index is 12.8. The summed E-state index contributed by atoms with van der Waals surface area (Å²) in [6, 6.07) is 18.0. The number of nitrogens with one attached hydrogen (secondary N) is 1. The molecule has 0 radical (unpaired) electrons. The van der Waals surface area contributed by atoms with Gasteiger partial charge in [-0.05, 0) is 80.4 Å². The summed E-state index contributed by atoms with van der Waals surface area (Å²) in [5, 5.41) is 3.05. The molecule has 0 unspecified atom stereocenters. The number of pyridine rings is 1. The average molecular weight is 485 g/mol. The van der Waals surface area contributed by atoms with Crippen molar-refractivity contribution in [2.75, 3.05) is 38.1 Å². The number of imidazole rings is 1. The number of benzene rings is 2. The average Bonchev–Trinajstić information content (AvgIpc) is 3.22. The Labute approximate surface area is 211 Å². The van der Waals surface area contributed by atoms with Crippen LogP contribution in [0.1, 0.15) is 23.9 Å². The Kier molecular flexibility index (Phi) is 6.86. The largest absolute Gasteiger partial charge is 0.494 e. The van der Waals surface area contributed by atoms with Gasteiger partial charge in [0.15, 0.2) is 5.65 Å². The van der Waals surface area contributed by atoms with Crippen LogP contribution in [-0.2, 0) is 6.54 Å². The fourth-order valence-corrected chi connectivity index (χ4v) is 4.75. The topological polar surface area (TPSA) is 75.5 Å². The number of aromatic nitrogens is 3. The SMILES string of the molecule is CCOc1ccc(-n2c(CN3CCN(C(=O)Nc4cc(C)cc(C)c4)CC3)nc3cccnc32)cc1. The normalized spacial score (nSPS) is 14.2. The van der Waals surface area contributed by atoms with E-state index in [9.17, 15) is 4.79 Å². The van der Waals surface area contributed by atoms with Crippen LogP contribution in [0.4, 0.5) is 10.5 Å². The standard InChI is InChI=1S/C28H32N6O2/c1-4-36-24-9-7-23(8-10-24)34-26(31-25-6-5-11-29-27(25)34)19-32-12-14-33(15-13-32)28(35)30-22-17-20(2)16-21(3)18-22/h5-11,16-18H,4,12-15,19H2,1-3H3,(H,30,35). The second-order valence-corrected chi connectivity index (χ2v) is 9.21. The Morgan fingerprint density at radius 2 is 1.72 bits per heavy atom. The summed E-state index contributed by atoms with van der Waals surface area (Å²) in [6.45, 7) is 10.3. The molecule has 1 aliphatic heterocycles. The van der Waals surface area contributed by atoms with Crippen molar-refractivity contribution < 1.29 is 9.53 Å². The van der Waals surface area contributed by atoms with Crippen molar-refractivity contribution in [1.29, 1.82) is 0 Å². The molecule has 1 aliphatic rings. The first-order valence-corrected chi connectivity index (χ1v) is 12.4. The molecule has 4 aromatic rings. The van der Waals surface area contributed by atoms with E-state index in [2.05, 4.69) is 25.8 Å². The van der Waals surface area contributed by atoms with Gasteiger partial charge in [-0.1, -0.05) is 6.07 Å². The smallest absolute Gasteiger partial charge is 0.321 e. The van der Waals surface area contributed by atoms with E-state index in [1.54, 1.807) is 6.20 Å². The molecular weight excluding hydrogens is 452 g/mol. The van der Waals surface area contributed by atoms with Crippen LogP contribution in [0.3, 0.4) is 0 Å². The lowest BCUT2D eigenvalue weighted by Crippen LogP contribution is -2.49. The zero-order valence-corrected chi connectivity index (χ0v) is 21.1. The number of hydrogen-bond acceptors (Lipinski definition) is 5. The van der Waals surface area contributed by atoms with Crippen molar-refractivity contribution in [3.63, 3.8) is 0 Å². The van der Waals surface area contributed by atoms with E-state index in [1.807, 2.05) is 74.2 Å². The molecule has 1 saturated heterocycles. The molecule has 0 atom stereocenters. The fourth-order valence-electron chi connectivity index (χ4n) is 4.75. The number of carbonyl (C=O) groups excluding carboxylic acids is 1. The van der Waals surface area contributed by atoms with E-state index in [4.69, 9.17) is 9.72 Å². The number of amides is 2. The Hall–Kier alpha value is -3.91. The Morgan fingerprint density at radius 3 is 2.42 bits per heavy atom. The number of carbonyl (C=O) groups is 1. The summed E-state index contributed by atoms with van der Waals surface area (Å²) in [7, 11) is 0. The van der Waals surface area contributed by atoms with Crippen LogP contribution in [0, 0.1) is 13.8 Å². The molecule has 5 rings (SSSR count). The molecule has 2 aromatic heterocycles. The molecular formula is C28H32N6O2. The molecule has 0 saturated carbocycles. The second-order valence-electron chi connectivity index (χ2n) is 9.21.